The van der Waals surface area contributed by atoms with Gasteiger partial charge in [-0.05, 0) is 42.4 Å². The minimum Gasteiger partial charge on any atom is -0.329 e. The van der Waals surface area contributed by atoms with E-state index < -0.39 is 0 Å². The van der Waals surface area contributed by atoms with Crippen LogP contribution in [0, 0.1) is 5.82 Å². The van der Waals surface area contributed by atoms with E-state index in [4.69, 9.17) is 17.3 Å². The van der Waals surface area contributed by atoms with E-state index in [0.29, 0.717) is 18.1 Å². The summed E-state index contributed by atoms with van der Waals surface area (Å²) in [5.74, 6) is -0.239. The van der Waals surface area contributed by atoms with Crippen LogP contribution in [0.1, 0.15) is 17.2 Å². The van der Waals surface area contributed by atoms with E-state index in [-0.39, 0.29) is 11.9 Å². The van der Waals surface area contributed by atoms with E-state index in [1.54, 1.807) is 6.07 Å². The average Bonchev–Trinajstić information content (AvgIpc) is 2.39. The Kier molecular flexibility index (Phi) is 5.12. The number of nitrogens with zero attached hydrogens (tertiary/aromatic N) is 1. The Hall–Kier alpha value is -1.42. The Bertz CT molecular complexity index is 574. The number of nitrogens with two attached hydrogens (primary N) is 1. The van der Waals surface area contributed by atoms with Gasteiger partial charge in [0.25, 0.3) is 0 Å². The second-order valence-electron chi connectivity index (χ2n) is 4.85. The van der Waals surface area contributed by atoms with Crippen molar-refractivity contribution in [1.29, 1.82) is 0 Å². The summed E-state index contributed by atoms with van der Waals surface area (Å²) < 4.78 is 13.3. The van der Waals surface area contributed by atoms with Crippen molar-refractivity contribution in [3.63, 3.8) is 0 Å². The molecule has 2 rings (SSSR count). The van der Waals surface area contributed by atoms with Crippen LogP contribution in [0.4, 0.5) is 4.39 Å². The van der Waals surface area contributed by atoms with Crippen LogP contribution in [0.2, 0.25) is 5.02 Å². The number of benzene rings is 2. The van der Waals surface area contributed by atoms with Crippen molar-refractivity contribution in [2.75, 3.05) is 13.6 Å². The van der Waals surface area contributed by atoms with E-state index in [2.05, 4.69) is 4.90 Å². The van der Waals surface area contributed by atoms with Crippen molar-refractivity contribution < 1.29 is 4.39 Å². The first-order chi connectivity index (χ1) is 9.60. The second-order valence-corrected chi connectivity index (χ2v) is 5.29. The van der Waals surface area contributed by atoms with Crippen LogP contribution in [-0.4, -0.2) is 18.5 Å². The largest absolute Gasteiger partial charge is 0.329 e. The third-order valence-electron chi connectivity index (χ3n) is 3.31. The zero-order valence-corrected chi connectivity index (χ0v) is 12.1. The molecule has 0 aromatic heterocycles. The second kappa shape index (κ2) is 6.84. The van der Waals surface area contributed by atoms with Crippen molar-refractivity contribution in [1.82, 2.24) is 4.90 Å². The van der Waals surface area contributed by atoms with E-state index in [1.807, 2.05) is 37.4 Å². The molecule has 0 saturated carbocycles. The lowest BCUT2D eigenvalue weighted by molar-refractivity contribution is 0.241. The van der Waals surface area contributed by atoms with Crippen LogP contribution in [-0.2, 0) is 6.54 Å². The van der Waals surface area contributed by atoms with E-state index in [0.717, 1.165) is 11.1 Å². The summed E-state index contributed by atoms with van der Waals surface area (Å²) >= 11 is 5.99. The molecule has 0 spiro atoms. The van der Waals surface area contributed by atoms with Crippen molar-refractivity contribution >= 4 is 11.6 Å². The standard InChI is InChI=1S/C16H18ClFN2/c1-20(11-12-4-2-6-14(17)8-12)16(10-19)13-5-3-7-15(18)9-13/h2-9,16H,10-11,19H2,1H3. The highest BCUT2D eigenvalue weighted by atomic mass is 35.5. The maximum Gasteiger partial charge on any atom is 0.123 e. The number of hydrogen-bond donors (Lipinski definition) is 1. The van der Waals surface area contributed by atoms with Gasteiger partial charge in [-0.15, -0.1) is 0 Å². The molecule has 1 atom stereocenters. The van der Waals surface area contributed by atoms with Gasteiger partial charge in [-0.1, -0.05) is 35.9 Å². The van der Waals surface area contributed by atoms with Gasteiger partial charge < -0.3 is 5.73 Å². The minimum atomic E-state index is -0.239. The molecule has 106 valence electrons. The number of halogens is 2. The van der Waals surface area contributed by atoms with Gasteiger partial charge in [0.05, 0.1) is 0 Å². The lowest BCUT2D eigenvalue weighted by Crippen LogP contribution is -2.30. The molecule has 2 N–H and O–H groups in total. The van der Waals surface area contributed by atoms with Gasteiger partial charge in [0.2, 0.25) is 0 Å². The van der Waals surface area contributed by atoms with Crippen molar-refractivity contribution in [3.05, 3.63) is 70.5 Å². The van der Waals surface area contributed by atoms with E-state index in [1.165, 1.54) is 12.1 Å². The quantitative estimate of drug-likeness (QED) is 0.912. The van der Waals surface area contributed by atoms with Gasteiger partial charge in [0.15, 0.2) is 0 Å². The molecule has 0 aliphatic rings. The van der Waals surface area contributed by atoms with Crippen molar-refractivity contribution in [2.45, 2.75) is 12.6 Å². The van der Waals surface area contributed by atoms with Crippen LogP contribution >= 0.6 is 11.6 Å². The summed E-state index contributed by atoms with van der Waals surface area (Å²) in [6, 6.07) is 14.3. The molecule has 0 aliphatic heterocycles. The van der Waals surface area contributed by atoms with Gasteiger partial charge in [-0.25, -0.2) is 4.39 Å². The maximum absolute atomic E-state index is 13.3. The summed E-state index contributed by atoms with van der Waals surface area (Å²) in [4.78, 5) is 2.10. The van der Waals surface area contributed by atoms with Crippen LogP contribution in [0.3, 0.4) is 0 Å². The molecule has 2 aromatic carbocycles. The average molecular weight is 293 g/mol. The number of rotatable bonds is 5. The zero-order valence-electron chi connectivity index (χ0n) is 11.4. The SMILES string of the molecule is CN(Cc1cccc(Cl)c1)C(CN)c1cccc(F)c1. The molecule has 0 heterocycles. The van der Waals surface area contributed by atoms with Gasteiger partial charge in [-0.2, -0.15) is 0 Å². The van der Waals surface area contributed by atoms with Gasteiger partial charge in [0, 0.05) is 24.2 Å². The molecule has 0 amide bonds. The highest BCUT2D eigenvalue weighted by Crippen LogP contribution is 2.22. The zero-order chi connectivity index (χ0) is 14.5. The normalized spacial score (nSPS) is 12.7. The lowest BCUT2D eigenvalue weighted by Gasteiger charge is -2.27. The minimum absolute atomic E-state index is 0.0234. The maximum atomic E-state index is 13.3. The summed E-state index contributed by atoms with van der Waals surface area (Å²) in [5, 5.41) is 0.714. The Morgan fingerprint density at radius 3 is 2.60 bits per heavy atom. The fourth-order valence-corrected chi connectivity index (χ4v) is 2.53. The summed E-state index contributed by atoms with van der Waals surface area (Å²) in [6.45, 7) is 1.14. The predicted molar refractivity (Wildman–Crippen MR) is 81.1 cm³/mol. The summed E-state index contributed by atoms with van der Waals surface area (Å²) in [7, 11) is 1.98. The Morgan fingerprint density at radius 2 is 1.95 bits per heavy atom. The van der Waals surface area contributed by atoms with Crippen molar-refractivity contribution in [2.24, 2.45) is 5.73 Å². The molecule has 1 unspecified atom stereocenters. The molecule has 2 nitrogen and oxygen atoms in total. The highest BCUT2D eigenvalue weighted by Gasteiger charge is 2.16. The van der Waals surface area contributed by atoms with Crippen LogP contribution in [0.15, 0.2) is 48.5 Å². The van der Waals surface area contributed by atoms with E-state index in [9.17, 15) is 4.39 Å². The first-order valence-electron chi connectivity index (χ1n) is 6.50. The van der Waals surface area contributed by atoms with Crippen LogP contribution in [0.25, 0.3) is 0 Å². The first-order valence-corrected chi connectivity index (χ1v) is 6.88. The molecule has 0 saturated heterocycles. The topological polar surface area (TPSA) is 29.3 Å². The Balaban J connectivity index is 2.15. The third-order valence-corrected chi connectivity index (χ3v) is 3.54. The Morgan fingerprint density at radius 1 is 1.20 bits per heavy atom. The van der Waals surface area contributed by atoms with Gasteiger partial charge >= 0.3 is 0 Å². The molecular formula is C16H18ClFN2. The van der Waals surface area contributed by atoms with Crippen LogP contribution < -0.4 is 5.73 Å². The molecular weight excluding hydrogens is 275 g/mol. The Labute approximate surface area is 124 Å². The van der Waals surface area contributed by atoms with Gasteiger partial charge in [-0.3, -0.25) is 4.90 Å². The molecule has 0 fully saturated rings. The summed E-state index contributed by atoms with van der Waals surface area (Å²) in [6.07, 6.45) is 0. The highest BCUT2D eigenvalue weighted by molar-refractivity contribution is 6.30. The number of hydrogen-bond acceptors (Lipinski definition) is 2. The molecule has 4 heteroatoms. The third kappa shape index (κ3) is 3.79. The molecule has 0 radical (unpaired) electrons. The number of likely N-dealkylation sites (N-methyl/N-ethyl adjacent to an activating group) is 1. The summed E-state index contributed by atoms with van der Waals surface area (Å²) in [5.41, 5.74) is 7.84. The molecule has 2 aromatic rings. The first kappa shape index (κ1) is 15.0. The van der Waals surface area contributed by atoms with Crippen molar-refractivity contribution in [3.8, 4) is 0 Å². The fraction of sp³-hybridized carbons (Fsp3) is 0.250. The smallest absolute Gasteiger partial charge is 0.123 e. The van der Waals surface area contributed by atoms with E-state index >= 15 is 0 Å². The predicted octanol–water partition coefficient (Wildman–Crippen LogP) is 3.61. The molecule has 20 heavy (non-hydrogen) atoms. The molecule has 0 bridgehead atoms. The lowest BCUT2D eigenvalue weighted by atomic mass is 10.0. The van der Waals surface area contributed by atoms with Crippen LogP contribution in [0.5, 0.6) is 0 Å². The van der Waals surface area contributed by atoms with Gasteiger partial charge in [0.1, 0.15) is 5.82 Å². The monoisotopic (exact) mass is 292 g/mol. The molecule has 0 aliphatic carbocycles. The fourth-order valence-electron chi connectivity index (χ4n) is 2.32.